The highest BCUT2D eigenvalue weighted by molar-refractivity contribution is 5.97. The summed E-state index contributed by atoms with van der Waals surface area (Å²) < 4.78 is 15.0. The van der Waals surface area contributed by atoms with E-state index in [4.69, 9.17) is 0 Å². The van der Waals surface area contributed by atoms with Crippen LogP contribution >= 0.6 is 0 Å². The van der Waals surface area contributed by atoms with Crippen LogP contribution in [0.2, 0.25) is 0 Å². The molecule has 4 heteroatoms. The standard InChI is InChI=1S/C15H15FN2O/c1-10-8-11(16)6-7-13(10)18-14-4-2-3-5-15(19)12(14)9-17-18/h6-9H,2-5H2,1H3. The lowest BCUT2D eigenvalue weighted by molar-refractivity contribution is 0.0982. The molecule has 3 rings (SSSR count). The topological polar surface area (TPSA) is 34.9 Å². The van der Waals surface area contributed by atoms with E-state index in [1.54, 1.807) is 16.9 Å². The van der Waals surface area contributed by atoms with E-state index >= 15 is 0 Å². The maximum absolute atomic E-state index is 13.2. The number of halogens is 1. The second-order valence-electron chi connectivity index (χ2n) is 4.98. The fourth-order valence-electron chi connectivity index (χ4n) is 2.62. The van der Waals surface area contributed by atoms with Gasteiger partial charge in [0.2, 0.25) is 0 Å². The molecule has 1 heterocycles. The van der Waals surface area contributed by atoms with Gasteiger partial charge in [0, 0.05) is 6.42 Å². The molecule has 0 radical (unpaired) electrons. The molecule has 1 aromatic carbocycles. The maximum atomic E-state index is 13.2. The van der Waals surface area contributed by atoms with Crippen molar-refractivity contribution in [1.29, 1.82) is 0 Å². The summed E-state index contributed by atoms with van der Waals surface area (Å²) in [5.41, 5.74) is 3.35. The second-order valence-corrected chi connectivity index (χ2v) is 4.98. The lowest BCUT2D eigenvalue weighted by atomic mass is 10.1. The Balaban J connectivity index is 2.14. The molecular formula is C15H15FN2O. The monoisotopic (exact) mass is 258 g/mol. The van der Waals surface area contributed by atoms with Gasteiger partial charge in [0.05, 0.1) is 23.1 Å². The Bertz CT molecular complexity index is 646. The Kier molecular flexibility index (Phi) is 2.93. The largest absolute Gasteiger partial charge is 0.294 e. The number of carbonyl (C=O) groups is 1. The minimum atomic E-state index is -0.254. The highest BCUT2D eigenvalue weighted by Crippen LogP contribution is 2.24. The first-order valence-electron chi connectivity index (χ1n) is 6.53. The number of hydrogen-bond donors (Lipinski definition) is 0. The van der Waals surface area contributed by atoms with Crippen LogP contribution in [0.4, 0.5) is 4.39 Å². The summed E-state index contributed by atoms with van der Waals surface area (Å²) in [7, 11) is 0. The highest BCUT2D eigenvalue weighted by Gasteiger charge is 2.21. The Labute approximate surface area is 111 Å². The van der Waals surface area contributed by atoms with Crippen molar-refractivity contribution in [2.24, 2.45) is 0 Å². The highest BCUT2D eigenvalue weighted by atomic mass is 19.1. The number of hydrogen-bond acceptors (Lipinski definition) is 2. The predicted octanol–water partition coefficient (Wildman–Crippen LogP) is 3.23. The molecule has 98 valence electrons. The quantitative estimate of drug-likeness (QED) is 0.736. The van der Waals surface area contributed by atoms with Gasteiger partial charge in [-0.1, -0.05) is 0 Å². The SMILES string of the molecule is Cc1cc(F)ccc1-n1ncc2c1CCCCC2=O. The third-order valence-corrected chi connectivity index (χ3v) is 3.62. The van der Waals surface area contributed by atoms with E-state index in [1.165, 1.54) is 12.1 Å². The van der Waals surface area contributed by atoms with Crippen LogP contribution in [0.15, 0.2) is 24.4 Å². The molecule has 0 unspecified atom stereocenters. The van der Waals surface area contributed by atoms with Crippen molar-refractivity contribution in [2.45, 2.75) is 32.6 Å². The Morgan fingerprint density at radius 2 is 2.05 bits per heavy atom. The van der Waals surface area contributed by atoms with Gasteiger partial charge in [-0.3, -0.25) is 4.79 Å². The number of aromatic nitrogens is 2. The number of Topliss-reactive ketones (excluding diaryl/α,β-unsaturated/α-hetero) is 1. The number of rotatable bonds is 1. The van der Waals surface area contributed by atoms with E-state index in [0.717, 1.165) is 41.8 Å². The Hall–Kier alpha value is -1.97. The van der Waals surface area contributed by atoms with Gasteiger partial charge in [-0.05, 0) is 49.9 Å². The fraction of sp³-hybridized carbons (Fsp3) is 0.333. The molecule has 0 saturated heterocycles. The number of fused-ring (bicyclic) bond motifs is 1. The molecule has 3 nitrogen and oxygen atoms in total. The van der Waals surface area contributed by atoms with Crippen LogP contribution in [-0.4, -0.2) is 15.6 Å². The van der Waals surface area contributed by atoms with E-state index < -0.39 is 0 Å². The lowest BCUT2D eigenvalue weighted by Crippen LogP contribution is -2.06. The van der Waals surface area contributed by atoms with Crippen molar-refractivity contribution in [1.82, 2.24) is 9.78 Å². The first kappa shape index (κ1) is 12.1. The lowest BCUT2D eigenvalue weighted by Gasteiger charge is -2.10. The number of carbonyl (C=O) groups excluding carboxylic acids is 1. The van der Waals surface area contributed by atoms with E-state index in [9.17, 15) is 9.18 Å². The normalized spacial score (nSPS) is 15.2. The maximum Gasteiger partial charge on any atom is 0.166 e. The third kappa shape index (κ3) is 2.07. The molecule has 0 amide bonds. The van der Waals surface area contributed by atoms with Crippen molar-refractivity contribution in [3.63, 3.8) is 0 Å². The summed E-state index contributed by atoms with van der Waals surface area (Å²) in [6.45, 7) is 1.85. The van der Waals surface area contributed by atoms with Crippen LogP contribution in [0.1, 0.15) is 40.9 Å². The van der Waals surface area contributed by atoms with Crippen LogP contribution in [0.5, 0.6) is 0 Å². The first-order chi connectivity index (χ1) is 9.16. The molecule has 0 spiro atoms. The van der Waals surface area contributed by atoms with Gasteiger partial charge >= 0.3 is 0 Å². The second kappa shape index (κ2) is 4.61. The number of ketones is 1. The first-order valence-corrected chi connectivity index (χ1v) is 6.53. The summed E-state index contributed by atoms with van der Waals surface area (Å²) >= 11 is 0. The van der Waals surface area contributed by atoms with Crippen molar-refractivity contribution >= 4 is 5.78 Å². The zero-order valence-electron chi connectivity index (χ0n) is 10.8. The smallest absolute Gasteiger partial charge is 0.166 e. The van der Waals surface area contributed by atoms with Gasteiger partial charge in [0.25, 0.3) is 0 Å². The third-order valence-electron chi connectivity index (χ3n) is 3.62. The molecular weight excluding hydrogens is 243 g/mol. The van der Waals surface area contributed by atoms with E-state index in [2.05, 4.69) is 5.10 Å². The van der Waals surface area contributed by atoms with Crippen molar-refractivity contribution < 1.29 is 9.18 Å². The van der Waals surface area contributed by atoms with Crippen molar-refractivity contribution in [2.75, 3.05) is 0 Å². The summed E-state index contributed by atoms with van der Waals surface area (Å²) in [6.07, 6.45) is 5.01. The molecule has 0 N–H and O–H groups in total. The minimum absolute atomic E-state index is 0.165. The van der Waals surface area contributed by atoms with Crippen LogP contribution in [0.25, 0.3) is 5.69 Å². The Morgan fingerprint density at radius 1 is 1.26 bits per heavy atom. The average Bonchev–Trinajstić information content (AvgIpc) is 2.69. The van der Waals surface area contributed by atoms with Crippen LogP contribution in [0, 0.1) is 12.7 Å². The molecule has 2 aromatic rings. The van der Waals surface area contributed by atoms with E-state index in [0.29, 0.717) is 6.42 Å². The fourth-order valence-corrected chi connectivity index (χ4v) is 2.62. The summed E-state index contributed by atoms with van der Waals surface area (Å²) in [4.78, 5) is 12.0. The molecule has 0 atom stereocenters. The van der Waals surface area contributed by atoms with E-state index in [1.807, 2.05) is 6.92 Å². The molecule has 0 fully saturated rings. The van der Waals surface area contributed by atoms with Gasteiger partial charge < -0.3 is 0 Å². The van der Waals surface area contributed by atoms with Crippen LogP contribution in [0.3, 0.4) is 0 Å². The van der Waals surface area contributed by atoms with Gasteiger partial charge in [-0.15, -0.1) is 0 Å². The zero-order chi connectivity index (χ0) is 13.4. The summed E-state index contributed by atoms with van der Waals surface area (Å²) in [5.74, 6) is -0.0888. The minimum Gasteiger partial charge on any atom is -0.294 e. The average molecular weight is 258 g/mol. The van der Waals surface area contributed by atoms with Gasteiger partial charge in [-0.25, -0.2) is 9.07 Å². The molecule has 1 aromatic heterocycles. The van der Waals surface area contributed by atoms with Gasteiger partial charge in [0.15, 0.2) is 5.78 Å². The molecule has 0 saturated carbocycles. The van der Waals surface area contributed by atoms with Crippen LogP contribution in [-0.2, 0) is 6.42 Å². The van der Waals surface area contributed by atoms with E-state index in [-0.39, 0.29) is 11.6 Å². The van der Waals surface area contributed by atoms with Gasteiger partial charge in [0.1, 0.15) is 5.82 Å². The van der Waals surface area contributed by atoms with Crippen LogP contribution < -0.4 is 0 Å². The molecule has 1 aliphatic rings. The van der Waals surface area contributed by atoms with Gasteiger partial charge in [-0.2, -0.15) is 5.10 Å². The Morgan fingerprint density at radius 3 is 2.84 bits per heavy atom. The zero-order valence-corrected chi connectivity index (χ0v) is 10.8. The predicted molar refractivity (Wildman–Crippen MR) is 70.1 cm³/mol. The number of nitrogens with zero attached hydrogens (tertiary/aromatic N) is 2. The molecule has 0 bridgehead atoms. The van der Waals surface area contributed by atoms with Crippen molar-refractivity contribution in [3.05, 3.63) is 47.0 Å². The molecule has 0 aliphatic heterocycles. The molecule has 19 heavy (non-hydrogen) atoms. The molecule has 1 aliphatic carbocycles. The number of aryl methyl sites for hydroxylation is 1. The van der Waals surface area contributed by atoms with Crippen molar-refractivity contribution in [3.8, 4) is 5.69 Å². The summed E-state index contributed by atoms with van der Waals surface area (Å²) in [5, 5.41) is 4.32. The number of benzene rings is 1. The summed E-state index contributed by atoms with van der Waals surface area (Å²) in [6, 6.07) is 4.63.